The molecule has 2 fully saturated rings. The molecule has 2 aliphatic rings. The van der Waals surface area contributed by atoms with Crippen LogP contribution in [0.25, 0.3) is 17.0 Å². The highest BCUT2D eigenvalue weighted by Crippen LogP contribution is 2.29. The van der Waals surface area contributed by atoms with E-state index < -0.39 is 15.3 Å². The van der Waals surface area contributed by atoms with Gasteiger partial charge in [-0.15, -0.1) is 0 Å². The molecule has 2 aliphatic heterocycles. The second kappa shape index (κ2) is 9.53. The Morgan fingerprint density at radius 3 is 2.49 bits per heavy atom. The van der Waals surface area contributed by atoms with E-state index >= 15 is 0 Å². The van der Waals surface area contributed by atoms with E-state index in [1.807, 2.05) is 32.6 Å². The van der Waals surface area contributed by atoms with Crippen molar-refractivity contribution in [1.82, 2.24) is 29.2 Å². The van der Waals surface area contributed by atoms with Crippen molar-refractivity contribution in [2.75, 3.05) is 63.4 Å². The van der Waals surface area contributed by atoms with Crippen LogP contribution in [0.4, 0.5) is 11.9 Å². The van der Waals surface area contributed by atoms with Gasteiger partial charge >= 0.3 is 0 Å². The zero-order chi connectivity index (χ0) is 24.6. The minimum atomic E-state index is -3.41. The van der Waals surface area contributed by atoms with E-state index in [0.717, 1.165) is 5.52 Å². The van der Waals surface area contributed by atoms with Crippen molar-refractivity contribution in [2.45, 2.75) is 18.2 Å². The number of nitrogens with two attached hydrogens (primary N) is 1. The zero-order valence-electron chi connectivity index (χ0n) is 19.7. The van der Waals surface area contributed by atoms with Crippen molar-refractivity contribution >= 4 is 33.0 Å². The van der Waals surface area contributed by atoms with Crippen molar-refractivity contribution in [3.63, 3.8) is 0 Å². The summed E-state index contributed by atoms with van der Waals surface area (Å²) in [6.45, 7) is 3.39. The van der Waals surface area contributed by atoms with Gasteiger partial charge in [0.1, 0.15) is 17.1 Å². The first-order valence-corrected chi connectivity index (χ1v) is 13.0. The summed E-state index contributed by atoms with van der Waals surface area (Å²) in [5.41, 5.74) is 7.47. The number of methoxy groups -OCH3 is 1. The Bertz CT molecular complexity index is 1320. The van der Waals surface area contributed by atoms with E-state index in [1.165, 1.54) is 7.05 Å². The summed E-state index contributed by atoms with van der Waals surface area (Å²) in [7, 11) is -0.379. The van der Waals surface area contributed by atoms with Crippen molar-refractivity contribution in [3.8, 4) is 11.7 Å². The number of rotatable bonds is 7. The van der Waals surface area contributed by atoms with Gasteiger partial charge in [-0.25, -0.2) is 18.1 Å². The number of sulfonamides is 1. The molecule has 1 unspecified atom stereocenters. The van der Waals surface area contributed by atoms with Crippen LogP contribution < -0.4 is 25.0 Å². The number of anilines is 2. The van der Waals surface area contributed by atoms with Crippen LogP contribution in [-0.4, -0.2) is 91.7 Å². The van der Waals surface area contributed by atoms with Gasteiger partial charge in [0.05, 0.1) is 37.6 Å². The molecular formula is C21H29N9O4S. The van der Waals surface area contributed by atoms with Crippen LogP contribution in [0.5, 0.6) is 5.75 Å². The average Bonchev–Trinajstić information content (AvgIpc) is 3.54. The van der Waals surface area contributed by atoms with Gasteiger partial charge in [0.15, 0.2) is 0 Å². The highest BCUT2D eigenvalue weighted by atomic mass is 32.2. The van der Waals surface area contributed by atoms with Gasteiger partial charge in [0, 0.05) is 26.2 Å². The molecule has 2 aromatic heterocycles. The average molecular weight is 504 g/mol. The highest BCUT2D eigenvalue weighted by Gasteiger charge is 2.34. The molecule has 0 radical (unpaired) electrons. The molecule has 2 saturated heterocycles. The summed E-state index contributed by atoms with van der Waals surface area (Å²) >= 11 is 0. The summed E-state index contributed by atoms with van der Waals surface area (Å²) in [5.74, 6) is 2.48. The highest BCUT2D eigenvalue weighted by molar-refractivity contribution is 7.90. The molecule has 1 aromatic carbocycles. The van der Waals surface area contributed by atoms with Gasteiger partial charge in [-0.3, -0.25) is 4.57 Å². The van der Waals surface area contributed by atoms with Gasteiger partial charge < -0.3 is 25.0 Å². The van der Waals surface area contributed by atoms with E-state index in [0.29, 0.717) is 74.2 Å². The van der Waals surface area contributed by atoms with E-state index in [4.69, 9.17) is 30.2 Å². The Morgan fingerprint density at radius 1 is 1.09 bits per heavy atom. The first kappa shape index (κ1) is 23.7. The fourth-order valence-corrected chi connectivity index (χ4v) is 5.59. The van der Waals surface area contributed by atoms with Gasteiger partial charge in [0.2, 0.25) is 27.9 Å². The van der Waals surface area contributed by atoms with E-state index in [-0.39, 0.29) is 13.1 Å². The number of aromatic nitrogens is 5. The van der Waals surface area contributed by atoms with E-state index in [2.05, 4.69) is 9.71 Å². The molecular weight excluding hydrogens is 474 g/mol. The Hall–Kier alpha value is -3.07. The van der Waals surface area contributed by atoms with Crippen LogP contribution in [0.1, 0.15) is 12.2 Å². The molecule has 35 heavy (non-hydrogen) atoms. The smallest absolute Gasteiger partial charge is 0.242 e. The van der Waals surface area contributed by atoms with E-state index in [9.17, 15) is 8.42 Å². The third-order valence-corrected chi connectivity index (χ3v) is 8.20. The molecule has 3 aromatic rings. The number of hydrogen-bond donors (Lipinski definition) is 2. The first-order valence-electron chi connectivity index (χ1n) is 11.5. The summed E-state index contributed by atoms with van der Waals surface area (Å²) in [4.78, 5) is 22.9. The van der Waals surface area contributed by atoms with Crippen LogP contribution in [0.3, 0.4) is 0 Å². The molecule has 0 bridgehead atoms. The Labute approximate surface area is 203 Å². The maximum atomic E-state index is 12.4. The van der Waals surface area contributed by atoms with Crippen LogP contribution in [0.15, 0.2) is 18.2 Å². The fourth-order valence-electron chi connectivity index (χ4n) is 4.47. The number of para-hydroxylation sites is 1. The monoisotopic (exact) mass is 503 g/mol. The third-order valence-electron chi connectivity index (χ3n) is 6.37. The quantitative estimate of drug-likeness (QED) is 0.434. The number of ether oxygens (including phenoxy) is 2. The van der Waals surface area contributed by atoms with E-state index in [1.54, 1.807) is 7.11 Å². The normalized spacial score (nSPS) is 19.0. The molecule has 1 atom stereocenters. The third kappa shape index (κ3) is 4.37. The Morgan fingerprint density at radius 2 is 1.80 bits per heavy atom. The van der Waals surface area contributed by atoms with Crippen LogP contribution >= 0.6 is 0 Å². The van der Waals surface area contributed by atoms with Crippen molar-refractivity contribution in [2.24, 2.45) is 5.73 Å². The zero-order valence-corrected chi connectivity index (χ0v) is 20.5. The standard InChI is InChI=1S/C21H29N9O4S/c1-23-35(31,32)14-6-7-29(13-14)20-25-19(28-8-10-34-11-9-28)26-21(27-20)30-15-4-3-5-16(33-2)18(15)24-17(30)12-22/h3-5,14,23H,6-13,22H2,1-2H3. The molecule has 5 rings (SSSR count). The fraction of sp³-hybridized carbons (Fsp3) is 0.524. The number of nitrogens with one attached hydrogen (secondary N) is 1. The molecule has 4 heterocycles. The van der Waals surface area contributed by atoms with Crippen molar-refractivity contribution in [1.29, 1.82) is 0 Å². The minimum Gasteiger partial charge on any atom is -0.494 e. The number of hydrogen-bond acceptors (Lipinski definition) is 11. The summed E-state index contributed by atoms with van der Waals surface area (Å²) in [5, 5.41) is -0.544. The number of nitrogens with zero attached hydrogens (tertiary/aromatic N) is 7. The molecule has 0 saturated carbocycles. The van der Waals surface area contributed by atoms with Gasteiger partial charge in [-0.2, -0.15) is 15.0 Å². The predicted octanol–water partition coefficient (Wildman–Crippen LogP) is -0.358. The Kier molecular flexibility index (Phi) is 6.44. The number of morpholine rings is 1. The minimum absolute atomic E-state index is 0.165. The number of fused-ring (bicyclic) bond motifs is 1. The predicted molar refractivity (Wildman–Crippen MR) is 131 cm³/mol. The maximum Gasteiger partial charge on any atom is 0.242 e. The molecule has 0 spiro atoms. The largest absolute Gasteiger partial charge is 0.494 e. The van der Waals surface area contributed by atoms with Crippen molar-refractivity contribution < 1.29 is 17.9 Å². The lowest BCUT2D eigenvalue weighted by Gasteiger charge is -2.28. The second-order valence-electron chi connectivity index (χ2n) is 8.34. The van der Waals surface area contributed by atoms with Crippen LogP contribution in [-0.2, 0) is 21.3 Å². The molecule has 188 valence electrons. The SMILES string of the molecule is CNS(=O)(=O)C1CCN(c2nc(N3CCOCC3)nc(-n3c(CN)nc4c(OC)cccc43)n2)C1. The lowest BCUT2D eigenvalue weighted by Crippen LogP contribution is -2.38. The molecule has 0 aliphatic carbocycles. The van der Waals surface area contributed by atoms with Gasteiger partial charge in [0.25, 0.3) is 0 Å². The van der Waals surface area contributed by atoms with Gasteiger partial charge in [-0.1, -0.05) is 6.07 Å². The van der Waals surface area contributed by atoms with Crippen LogP contribution in [0.2, 0.25) is 0 Å². The van der Waals surface area contributed by atoms with Gasteiger partial charge in [-0.05, 0) is 25.6 Å². The molecule has 14 heteroatoms. The Balaban J connectivity index is 1.63. The van der Waals surface area contributed by atoms with Crippen LogP contribution in [0, 0.1) is 0 Å². The summed E-state index contributed by atoms with van der Waals surface area (Å²) in [6.07, 6.45) is 0.482. The lowest BCUT2D eigenvalue weighted by atomic mass is 10.3. The molecule has 13 nitrogen and oxygen atoms in total. The number of benzene rings is 1. The summed E-state index contributed by atoms with van der Waals surface area (Å²) < 4.78 is 40.0. The molecule has 0 amide bonds. The first-order chi connectivity index (χ1) is 16.9. The second-order valence-corrected chi connectivity index (χ2v) is 10.5. The summed E-state index contributed by atoms with van der Waals surface area (Å²) in [6, 6.07) is 5.62. The van der Waals surface area contributed by atoms with Crippen molar-refractivity contribution in [3.05, 3.63) is 24.0 Å². The number of imidazole rings is 1. The molecule has 3 N–H and O–H groups in total. The maximum absolute atomic E-state index is 12.4. The topological polar surface area (TPSA) is 154 Å². The lowest BCUT2D eigenvalue weighted by molar-refractivity contribution is 0.122.